The van der Waals surface area contributed by atoms with Crippen molar-refractivity contribution in [3.63, 3.8) is 0 Å². The van der Waals surface area contributed by atoms with Crippen LogP contribution >= 0.6 is 23.4 Å². The van der Waals surface area contributed by atoms with Gasteiger partial charge in [0.2, 0.25) is 5.91 Å². The molecule has 0 bridgehead atoms. The fraction of sp³-hybridized carbons (Fsp3) is 0.462. The van der Waals surface area contributed by atoms with Crippen molar-refractivity contribution in [2.24, 2.45) is 5.92 Å². The van der Waals surface area contributed by atoms with Crippen LogP contribution in [0.3, 0.4) is 0 Å². The van der Waals surface area contributed by atoms with E-state index in [1.54, 1.807) is 0 Å². The van der Waals surface area contributed by atoms with Crippen molar-refractivity contribution in [3.05, 3.63) is 34.9 Å². The Morgan fingerprint density at radius 2 is 2.18 bits per heavy atom. The average Bonchev–Trinajstić information content (AvgIpc) is 2.85. The zero-order valence-corrected chi connectivity index (χ0v) is 11.2. The molecule has 0 spiro atoms. The summed E-state index contributed by atoms with van der Waals surface area (Å²) in [5, 5.41) is 3.75. The van der Waals surface area contributed by atoms with Crippen molar-refractivity contribution in [2.45, 2.75) is 12.8 Å². The first-order valence-corrected chi connectivity index (χ1v) is 7.39. The zero-order valence-electron chi connectivity index (χ0n) is 9.62. The number of hydrogen-bond acceptors (Lipinski definition) is 2. The van der Waals surface area contributed by atoms with E-state index in [9.17, 15) is 4.79 Å². The second-order valence-corrected chi connectivity index (χ2v) is 5.81. The molecule has 1 amide bonds. The van der Waals surface area contributed by atoms with Crippen molar-refractivity contribution < 1.29 is 4.79 Å². The highest BCUT2D eigenvalue weighted by Crippen LogP contribution is 2.23. The molecule has 0 radical (unpaired) electrons. The molecule has 4 heteroatoms. The minimum Gasteiger partial charge on any atom is -0.356 e. The van der Waals surface area contributed by atoms with Crippen LogP contribution in [0.5, 0.6) is 0 Å². The van der Waals surface area contributed by atoms with E-state index >= 15 is 0 Å². The van der Waals surface area contributed by atoms with Crippen LogP contribution in [0.15, 0.2) is 24.3 Å². The van der Waals surface area contributed by atoms with Gasteiger partial charge in [-0.15, -0.1) is 0 Å². The minimum atomic E-state index is 0.212. The lowest BCUT2D eigenvalue weighted by molar-refractivity contribution is -0.124. The van der Waals surface area contributed by atoms with Gasteiger partial charge in [0, 0.05) is 23.2 Å². The lowest BCUT2D eigenvalue weighted by Crippen LogP contribution is -2.32. The van der Waals surface area contributed by atoms with E-state index < -0.39 is 0 Å². The second-order valence-electron chi connectivity index (χ2n) is 4.23. The summed E-state index contributed by atoms with van der Waals surface area (Å²) in [4.78, 5) is 11.7. The standard InChI is InChI=1S/C13H16ClNOS/c14-12-3-1-10(2-4-12)5-7-15-13(16)11-6-8-17-9-11/h1-4,11H,5-9H2,(H,15,16). The van der Waals surface area contributed by atoms with Crippen LogP contribution in [-0.4, -0.2) is 24.0 Å². The first-order chi connectivity index (χ1) is 8.25. The predicted octanol–water partition coefficient (Wildman–Crippen LogP) is 2.75. The Hall–Kier alpha value is -0.670. The third-order valence-corrected chi connectivity index (χ3v) is 4.34. The van der Waals surface area contributed by atoms with Gasteiger partial charge in [-0.3, -0.25) is 4.79 Å². The number of hydrogen-bond donors (Lipinski definition) is 1. The summed E-state index contributed by atoms with van der Waals surface area (Å²) in [5.74, 6) is 2.54. The topological polar surface area (TPSA) is 29.1 Å². The molecular weight excluding hydrogens is 254 g/mol. The minimum absolute atomic E-state index is 0.212. The van der Waals surface area contributed by atoms with E-state index in [2.05, 4.69) is 5.32 Å². The third kappa shape index (κ3) is 3.93. The highest BCUT2D eigenvalue weighted by atomic mass is 35.5. The molecule has 1 aliphatic heterocycles. The molecule has 1 saturated heterocycles. The Kier molecular flexibility index (Phi) is 4.75. The zero-order chi connectivity index (χ0) is 12.1. The molecule has 1 fully saturated rings. The lowest BCUT2D eigenvalue weighted by Gasteiger charge is -2.09. The van der Waals surface area contributed by atoms with E-state index in [0.29, 0.717) is 6.54 Å². The molecule has 1 N–H and O–H groups in total. The van der Waals surface area contributed by atoms with Gasteiger partial charge in [0.05, 0.1) is 0 Å². The van der Waals surface area contributed by atoms with Gasteiger partial charge in [0.15, 0.2) is 0 Å². The number of rotatable bonds is 4. The quantitative estimate of drug-likeness (QED) is 0.911. The molecule has 0 aromatic heterocycles. The SMILES string of the molecule is O=C(NCCc1ccc(Cl)cc1)C1CCSC1. The fourth-order valence-corrected chi connectivity index (χ4v) is 3.21. The summed E-state index contributed by atoms with van der Waals surface area (Å²) in [7, 11) is 0. The molecular formula is C13H16ClNOS. The van der Waals surface area contributed by atoms with Crippen LogP contribution < -0.4 is 5.32 Å². The van der Waals surface area contributed by atoms with Gasteiger partial charge >= 0.3 is 0 Å². The summed E-state index contributed by atoms with van der Waals surface area (Å²) < 4.78 is 0. The van der Waals surface area contributed by atoms with Crippen LogP contribution in [0.2, 0.25) is 5.02 Å². The third-order valence-electron chi connectivity index (χ3n) is 2.93. The van der Waals surface area contributed by atoms with Crippen LogP contribution in [0.4, 0.5) is 0 Å². The average molecular weight is 270 g/mol. The van der Waals surface area contributed by atoms with Gasteiger partial charge in [0.25, 0.3) is 0 Å². The van der Waals surface area contributed by atoms with Gasteiger partial charge in [0.1, 0.15) is 0 Å². The van der Waals surface area contributed by atoms with E-state index in [1.807, 2.05) is 36.0 Å². The summed E-state index contributed by atoms with van der Waals surface area (Å²) >= 11 is 7.68. The number of nitrogens with one attached hydrogen (secondary N) is 1. The largest absolute Gasteiger partial charge is 0.356 e. The molecule has 1 aliphatic rings. The van der Waals surface area contributed by atoms with Crippen molar-refractivity contribution in [1.82, 2.24) is 5.32 Å². The summed E-state index contributed by atoms with van der Waals surface area (Å²) in [5.41, 5.74) is 1.20. The van der Waals surface area contributed by atoms with Gasteiger partial charge in [-0.05, 0) is 36.3 Å². The number of halogens is 1. The molecule has 2 nitrogen and oxygen atoms in total. The highest BCUT2D eigenvalue weighted by molar-refractivity contribution is 7.99. The molecule has 1 heterocycles. The normalized spacial score (nSPS) is 19.2. The first-order valence-electron chi connectivity index (χ1n) is 5.85. The summed E-state index contributed by atoms with van der Waals surface area (Å²) in [6.45, 7) is 0.710. The lowest BCUT2D eigenvalue weighted by atomic mass is 10.1. The van der Waals surface area contributed by atoms with Crippen molar-refractivity contribution in [1.29, 1.82) is 0 Å². The molecule has 1 unspecified atom stereocenters. The van der Waals surface area contributed by atoms with E-state index in [-0.39, 0.29) is 11.8 Å². The molecule has 2 rings (SSSR count). The van der Waals surface area contributed by atoms with Crippen LogP contribution in [0.1, 0.15) is 12.0 Å². The monoisotopic (exact) mass is 269 g/mol. The highest BCUT2D eigenvalue weighted by Gasteiger charge is 2.22. The number of amides is 1. The molecule has 1 aromatic carbocycles. The Bertz CT molecular complexity index is 374. The molecule has 0 saturated carbocycles. The first kappa shape index (κ1) is 12.8. The fourth-order valence-electron chi connectivity index (χ4n) is 1.87. The maximum atomic E-state index is 11.7. The molecule has 1 aromatic rings. The van der Waals surface area contributed by atoms with Crippen molar-refractivity contribution in [3.8, 4) is 0 Å². The number of carbonyl (C=O) groups is 1. The van der Waals surface area contributed by atoms with Gasteiger partial charge < -0.3 is 5.32 Å². The molecule has 92 valence electrons. The second kappa shape index (κ2) is 6.31. The van der Waals surface area contributed by atoms with Gasteiger partial charge in [-0.1, -0.05) is 23.7 Å². The van der Waals surface area contributed by atoms with Crippen molar-refractivity contribution >= 4 is 29.3 Å². The van der Waals surface area contributed by atoms with Gasteiger partial charge in [-0.2, -0.15) is 11.8 Å². The van der Waals surface area contributed by atoms with E-state index in [1.165, 1.54) is 5.56 Å². The van der Waals surface area contributed by atoms with Crippen LogP contribution in [-0.2, 0) is 11.2 Å². The maximum Gasteiger partial charge on any atom is 0.223 e. The summed E-state index contributed by atoms with van der Waals surface area (Å²) in [6.07, 6.45) is 1.89. The predicted molar refractivity (Wildman–Crippen MR) is 73.6 cm³/mol. The smallest absolute Gasteiger partial charge is 0.223 e. The Balaban J connectivity index is 1.72. The van der Waals surface area contributed by atoms with Gasteiger partial charge in [-0.25, -0.2) is 0 Å². The number of benzene rings is 1. The Labute approximate surface area is 111 Å². The summed E-state index contributed by atoms with van der Waals surface area (Å²) in [6, 6.07) is 7.76. The Morgan fingerprint density at radius 1 is 1.41 bits per heavy atom. The number of thioether (sulfide) groups is 1. The maximum absolute atomic E-state index is 11.7. The molecule has 17 heavy (non-hydrogen) atoms. The number of carbonyl (C=O) groups excluding carboxylic acids is 1. The van der Waals surface area contributed by atoms with E-state index in [0.717, 1.165) is 29.4 Å². The van der Waals surface area contributed by atoms with Crippen molar-refractivity contribution in [2.75, 3.05) is 18.1 Å². The molecule has 0 aliphatic carbocycles. The van der Waals surface area contributed by atoms with Crippen LogP contribution in [0, 0.1) is 5.92 Å². The Morgan fingerprint density at radius 3 is 2.82 bits per heavy atom. The molecule has 1 atom stereocenters. The van der Waals surface area contributed by atoms with Crippen LogP contribution in [0.25, 0.3) is 0 Å². The van der Waals surface area contributed by atoms with E-state index in [4.69, 9.17) is 11.6 Å².